The van der Waals surface area contributed by atoms with Crippen molar-refractivity contribution in [1.29, 1.82) is 0 Å². The summed E-state index contributed by atoms with van der Waals surface area (Å²) >= 11 is 0. The summed E-state index contributed by atoms with van der Waals surface area (Å²) in [6, 6.07) is 19.5. The average molecular weight is 287 g/mol. The molecule has 22 heavy (non-hydrogen) atoms. The molecule has 2 aliphatic carbocycles. The van der Waals surface area contributed by atoms with Crippen LogP contribution in [0.15, 0.2) is 78.0 Å². The molecule has 2 unspecified atom stereocenters. The van der Waals surface area contributed by atoms with E-state index in [4.69, 9.17) is 0 Å². The van der Waals surface area contributed by atoms with Gasteiger partial charge in [-0.05, 0) is 68.0 Å². The van der Waals surface area contributed by atoms with Crippen LogP contribution in [0.2, 0.25) is 0 Å². The van der Waals surface area contributed by atoms with Crippen LogP contribution in [0.1, 0.15) is 18.9 Å². The van der Waals surface area contributed by atoms with E-state index in [2.05, 4.69) is 85.5 Å². The fourth-order valence-corrected chi connectivity index (χ4v) is 3.41. The summed E-state index contributed by atoms with van der Waals surface area (Å²) in [4.78, 5) is 2.39. The molecule has 0 aromatic heterocycles. The van der Waals surface area contributed by atoms with E-state index in [9.17, 15) is 0 Å². The highest BCUT2D eigenvalue weighted by Gasteiger charge is 2.40. The van der Waals surface area contributed by atoms with Gasteiger partial charge in [0.1, 0.15) is 0 Å². The summed E-state index contributed by atoms with van der Waals surface area (Å²) in [5.41, 5.74) is 6.62. The number of allylic oxidation sites excluding steroid dienone is 3. The molecule has 0 saturated heterocycles. The fourth-order valence-electron chi connectivity index (χ4n) is 3.41. The molecule has 0 aliphatic heterocycles. The maximum atomic E-state index is 2.39. The Morgan fingerprint density at radius 3 is 2.27 bits per heavy atom. The van der Waals surface area contributed by atoms with E-state index in [-0.39, 0.29) is 0 Å². The average Bonchev–Trinajstić information content (AvgIpc) is 3.33. The number of hydrogen-bond acceptors (Lipinski definition) is 1. The van der Waals surface area contributed by atoms with Gasteiger partial charge in [-0.15, -0.1) is 0 Å². The van der Waals surface area contributed by atoms with Gasteiger partial charge in [0.15, 0.2) is 0 Å². The molecule has 110 valence electrons. The molecule has 1 saturated carbocycles. The van der Waals surface area contributed by atoms with Crippen LogP contribution in [0.5, 0.6) is 0 Å². The van der Waals surface area contributed by atoms with Crippen LogP contribution in [0, 0.1) is 18.8 Å². The Morgan fingerprint density at radius 1 is 0.864 bits per heavy atom. The number of hydrogen-bond donors (Lipinski definition) is 0. The predicted molar refractivity (Wildman–Crippen MR) is 93.2 cm³/mol. The van der Waals surface area contributed by atoms with Crippen molar-refractivity contribution in [3.8, 4) is 0 Å². The maximum absolute atomic E-state index is 2.39. The van der Waals surface area contributed by atoms with Gasteiger partial charge in [0, 0.05) is 17.1 Å². The summed E-state index contributed by atoms with van der Waals surface area (Å²) in [6.45, 7) is 4.43. The Balaban J connectivity index is 1.84. The Hall–Kier alpha value is -2.28. The second-order valence-electron chi connectivity index (χ2n) is 6.44. The third-order valence-corrected chi connectivity index (χ3v) is 4.85. The Morgan fingerprint density at radius 2 is 1.55 bits per heavy atom. The number of benzene rings is 2. The number of aryl methyl sites for hydroxylation is 1. The summed E-state index contributed by atoms with van der Waals surface area (Å²) in [5, 5.41) is 0. The van der Waals surface area contributed by atoms with Crippen molar-refractivity contribution in [2.24, 2.45) is 11.8 Å². The predicted octanol–water partition coefficient (Wildman–Crippen LogP) is 5.61. The van der Waals surface area contributed by atoms with E-state index < -0.39 is 0 Å². The second-order valence-corrected chi connectivity index (χ2v) is 6.44. The van der Waals surface area contributed by atoms with Gasteiger partial charge in [0.05, 0.1) is 0 Å². The van der Waals surface area contributed by atoms with Gasteiger partial charge >= 0.3 is 0 Å². The van der Waals surface area contributed by atoms with E-state index in [1.807, 2.05) is 0 Å². The minimum absolute atomic E-state index is 0.761. The zero-order valence-corrected chi connectivity index (χ0v) is 13.2. The molecule has 0 radical (unpaired) electrons. The fraction of sp³-hybridized carbons (Fsp3) is 0.238. The van der Waals surface area contributed by atoms with Crippen LogP contribution in [0.25, 0.3) is 0 Å². The number of anilines is 2. The summed E-state index contributed by atoms with van der Waals surface area (Å²) in [5.74, 6) is 1.55. The molecule has 0 heterocycles. The van der Waals surface area contributed by atoms with Crippen LogP contribution < -0.4 is 4.90 Å². The first-order chi connectivity index (χ1) is 10.7. The smallest absolute Gasteiger partial charge is 0.0461 e. The summed E-state index contributed by atoms with van der Waals surface area (Å²) in [7, 11) is 0. The third kappa shape index (κ3) is 2.27. The molecule has 2 aromatic rings. The van der Waals surface area contributed by atoms with Gasteiger partial charge < -0.3 is 4.90 Å². The van der Waals surface area contributed by atoms with Crippen LogP contribution in [0.4, 0.5) is 11.4 Å². The van der Waals surface area contributed by atoms with E-state index >= 15 is 0 Å². The highest BCUT2D eigenvalue weighted by molar-refractivity contribution is 5.71. The third-order valence-electron chi connectivity index (χ3n) is 4.85. The molecule has 2 atom stereocenters. The summed E-state index contributed by atoms with van der Waals surface area (Å²) in [6.07, 6.45) is 6.02. The highest BCUT2D eigenvalue weighted by Crippen LogP contribution is 2.50. The molecule has 0 bridgehead atoms. The number of nitrogens with zero attached hydrogens (tertiary/aromatic N) is 1. The first-order valence-electron chi connectivity index (χ1n) is 8.05. The standard InChI is InChI=1S/C21H21N/c1-15-8-11-19(12-9-15)22(18-6-4-3-5-7-18)21-13-10-17-14-20(17)16(21)2/h3-13,17,20H,14H2,1-2H3. The van der Waals surface area contributed by atoms with E-state index in [1.54, 1.807) is 0 Å². The van der Waals surface area contributed by atoms with Gasteiger partial charge in [0.25, 0.3) is 0 Å². The van der Waals surface area contributed by atoms with Gasteiger partial charge in [-0.3, -0.25) is 0 Å². The molecule has 4 rings (SSSR count). The molecular weight excluding hydrogens is 266 g/mol. The maximum Gasteiger partial charge on any atom is 0.0461 e. The Bertz CT molecular complexity index is 737. The lowest BCUT2D eigenvalue weighted by molar-refractivity contribution is 0.878. The van der Waals surface area contributed by atoms with Gasteiger partial charge in [-0.25, -0.2) is 0 Å². The SMILES string of the molecule is CC1=C(N(c2ccccc2)c2ccc(C)cc2)C=CC2CC12. The summed E-state index contributed by atoms with van der Waals surface area (Å²) < 4.78 is 0. The first-order valence-corrected chi connectivity index (χ1v) is 8.05. The second kappa shape index (κ2) is 5.17. The molecule has 1 heteroatoms. The van der Waals surface area contributed by atoms with Gasteiger partial charge in [-0.1, -0.05) is 42.0 Å². The van der Waals surface area contributed by atoms with Crippen molar-refractivity contribution in [3.63, 3.8) is 0 Å². The minimum atomic E-state index is 0.761. The normalized spacial score (nSPS) is 22.5. The first kappa shape index (κ1) is 13.4. The topological polar surface area (TPSA) is 3.24 Å². The molecule has 0 N–H and O–H groups in total. The zero-order chi connectivity index (χ0) is 15.1. The quantitative estimate of drug-likeness (QED) is 0.709. The van der Waals surface area contributed by atoms with E-state index in [0.717, 1.165) is 11.8 Å². The van der Waals surface area contributed by atoms with E-state index in [0.29, 0.717) is 0 Å². The van der Waals surface area contributed by atoms with Crippen LogP contribution in [-0.2, 0) is 0 Å². The van der Waals surface area contributed by atoms with Gasteiger partial charge in [-0.2, -0.15) is 0 Å². The van der Waals surface area contributed by atoms with Crippen molar-refractivity contribution < 1.29 is 0 Å². The van der Waals surface area contributed by atoms with Crippen molar-refractivity contribution in [2.75, 3.05) is 4.90 Å². The number of fused-ring (bicyclic) bond motifs is 1. The van der Waals surface area contributed by atoms with Crippen molar-refractivity contribution >= 4 is 11.4 Å². The molecule has 2 aliphatic rings. The molecule has 1 nitrogen and oxygen atoms in total. The number of para-hydroxylation sites is 1. The molecule has 0 amide bonds. The molecule has 2 aromatic carbocycles. The Kier molecular flexibility index (Phi) is 3.15. The molecule has 1 fully saturated rings. The van der Waals surface area contributed by atoms with Crippen LogP contribution in [-0.4, -0.2) is 0 Å². The highest BCUT2D eigenvalue weighted by atomic mass is 15.1. The van der Waals surface area contributed by atoms with Crippen LogP contribution >= 0.6 is 0 Å². The van der Waals surface area contributed by atoms with Gasteiger partial charge in [0.2, 0.25) is 0 Å². The van der Waals surface area contributed by atoms with Crippen molar-refractivity contribution in [3.05, 3.63) is 83.6 Å². The number of rotatable bonds is 3. The van der Waals surface area contributed by atoms with Crippen molar-refractivity contribution in [1.82, 2.24) is 0 Å². The monoisotopic (exact) mass is 287 g/mol. The minimum Gasteiger partial charge on any atom is -0.311 e. The van der Waals surface area contributed by atoms with Crippen LogP contribution in [0.3, 0.4) is 0 Å². The largest absolute Gasteiger partial charge is 0.311 e. The zero-order valence-electron chi connectivity index (χ0n) is 13.2. The lowest BCUT2D eigenvalue weighted by Crippen LogP contribution is -2.18. The van der Waals surface area contributed by atoms with E-state index in [1.165, 1.54) is 34.6 Å². The lowest BCUT2D eigenvalue weighted by Gasteiger charge is -2.29. The molecule has 0 spiro atoms. The Labute approximate surface area is 132 Å². The van der Waals surface area contributed by atoms with Crippen molar-refractivity contribution in [2.45, 2.75) is 20.3 Å². The molecular formula is C21H21N. The lowest BCUT2D eigenvalue weighted by atomic mass is 10.0.